The molecule has 4 rings (SSSR count). The molecule has 0 N–H and O–H groups in total. The molecule has 0 fully saturated rings. The minimum Gasteiger partial charge on any atom is -0.297 e. The molecule has 0 saturated heterocycles. The quantitative estimate of drug-likeness (QED) is 0.693. The third-order valence-electron chi connectivity index (χ3n) is 5.16. The first-order valence-corrected chi connectivity index (χ1v) is 9.04. The van der Waals surface area contributed by atoms with E-state index < -0.39 is 0 Å². The Hall–Kier alpha value is -2.68. The van der Waals surface area contributed by atoms with Gasteiger partial charge in [0.2, 0.25) is 0 Å². The number of rotatable bonds is 1. The van der Waals surface area contributed by atoms with Crippen LogP contribution in [0.3, 0.4) is 0 Å². The van der Waals surface area contributed by atoms with Crippen LogP contribution < -0.4 is 4.90 Å². The summed E-state index contributed by atoms with van der Waals surface area (Å²) < 4.78 is 0. The zero-order valence-electron chi connectivity index (χ0n) is 16.3. The summed E-state index contributed by atoms with van der Waals surface area (Å²) in [5.74, 6) is -0.0141. The van der Waals surface area contributed by atoms with E-state index in [0.29, 0.717) is 5.71 Å². The molecule has 26 heavy (non-hydrogen) atoms. The van der Waals surface area contributed by atoms with E-state index >= 15 is 0 Å². The number of allylic oxidation sites excluding steroid dienone is 1. The molecular weight excluding hydrogens is 320 g/mol. The van der Waals surface area contributed by atoms with E-state index in [0.717, 1.165) is 39.2 Å². The fraction of sp³-hybridized carbons (Fsp3) is 0.304. The lowest BCUT2D eigenvalue weighted by atomic mass is 9.88. The fourth-order valence-corrected chi connectivity index (χ4v) is 4.30. The van der Waals surface area contributed by atoms with Crippen LogP contribution in [0.4, 0.5) is 11.4 Å². The predicted molar refractivity (Wildman–Crippen MR) is 109 cm³/mol. The van der Waals surface area contributed by atoms with Gasteiger partial charge in [-0.1, -0.05) is 12.1 Å². The summed E-state index contributed by atoms with van der Waals surface area (Å²) in [6.07, 6.45) is 2.18. The molecule has 2 aromatic rings. The van der Waals surface area contributed by atoms with E-state index in [-0.39, 0.29) is 11.4 Å². The highest BCUT2D eigenvalue weighted by Crippen LogP contribution is 2.46. The summed E-state index contributed by atoms with van der Waals surface area (Å²) >= 11 is 0. The molecule has 2 aromatic carbocycles. The van der Waals surface area contributed by atoms with Gasteiger partial charge in [-0.25, -0.2) is 4.99 Å². The van der Waals surface area contributed by atoms with Gasteiger partial charge in [-0.2, -0.15) is 0 Å². The highest BCUT2D eigenvalue weighted by Gasteiger charge is 2.45. The lowest BCUT2D eigenvalue weighted by molar-refractivity contribution is -0.112. The molecule has 0 unspecified atom stereocenters. The van der Waals surface area contributed by atoms with Gasteiger partial charge >= 0.3 is 0 Å². The topological polar surface area (TPSA) is 32.7 Å². The summed E-state index contributed by atoms with van der Waals surface area (Å²) in [6, 6.07) is 10.4. The van der Waals surface area contributed by atoms with Gasteiger partial charge in [-0.15, -0.1) is 0 Å². The summed E-state index contributed by atoms with van der Waals surface area (Å²) in [5.41, 5.74) is 8.78. The van der Waals surface area contributed by atoms with Crippen LogP contribution in [-0.4, -0.2) is 17.2 Å². The average Bonchev–Trinajstić information content (AvgIpc) is 2.77. The average molecular weight is 344 g/mol. The Morgan fingerprint density at radius 1 is 0.846 bits per heavy atom. The second-order valence-corrected chi connectivity index (χ2v) is 8.14. The van der Waals surface area contributed by atoms with Crippen LogP contribution in [0.15, 0.2) is 41.4 Å². The highest BCUT2D eigenvalue weighted by atomic mass is 16.2. The Balaban J connectivity index is 1.99. The van der Waals surface area contributed by atoms with Crippen LogP contribution in [0.25, 0.3) is 5.57 Å². The van der Waals surface area contributed by atoms with Crippen molar-refractivity contribution in [1.82, 2.24) is 0 Å². The Morgan fingerprint density at radius 3 is 2.08 bits per heavy atom. The van der Waals surface area contributed by atoms with Crippen LogP contribution >= 0.6 is 0 Å². The maximum absolute atomic E-state index is 13.4. The number of benzene rings is 2. The van der Waals surface area contributed by atoms with Crippen molar-refractivity contribution in [2.75, 3.05) is 4.90 Å². The van der Waals surface area contributed by atoms with Crippen molar-refractivity contribution in [3.8, 4) is 0 Å². The van der Waals surface area contributed by atoms with Gasteiger partial charge in [0.1, 0.15) is 5.71 Å². The summed E-state index contributed by atoms with van der Waals surface area (Å²) in [4.78, 5) is 20.1. The second-order valence-electron chi connectivity index (χ2n) is 8.14. The normalized spacial score (nSPS) is 19.0. The summed E-state index contributed by atoms with van der Waals surface area (Å²) in [7, 11) is 0. The number of amides is 1. The zero-order valence-corrected chi connectivity index (χ0v) is 16.3. The van der Waals surface area contributed by atoms with Gasteiger partial charge in [0.05, 0.1) is 16.9 Å². The lowest BCUT2D eigenvalue weighted by Gasteiger charge is -2.38. The smallest absolute Gasteiger partial charge is 0.278 e. The van der Waals surface area contributed by atoms with Gasteiger partial charge in [-0.3, -0.25) is 9.69 Å². The van der Waals surface area contributed by atoms with E-state index in [1.165, 1.54) is 5.57 Å². The molecule has 0 spiro atoms. The SMILES string of the molecule is CC1=CC(C)(C)N2C(=O)C(=Nc3cc(C)cc(C)c3)c3cc(C)cc1c32. The first-order chi connectivity index (χ1) is 12.2. The van der Waals surface area contributed by atoms with Gasteiger partial charge in [0.15, 0.2) is 0 Å². The van der Waals surface area contributed by atoms with Gasteiger partial charge in [-0.05, 0) is 88.1 Å². The fourth-order valence-electron chi connectivity index (χ4n) is 4.30. The number of hydrogen-bond donors (Lipinski definition) is 0. The summed E-state index contributed by atoms with van der Waals surface area (Å²) in [5, 5.41) is 0. The van der Waals surface area contributed by atoms with Crippen molar-refractivity contribution in [1.29, 1.82) is 0 Å². The van der Waals surface area contributed by atoms with Gasteiger partial charge < -0.3 is 0 Å². The number of carbonyl (C=O) groups excluding carboxylic acids is 1. The highest BCUT2D eigenvalue weighted by molar-refractivity contribution is 6.55. The molecule has 2 aliphatic heterocycles. The Labute approximate surface area is 155 Å². The number of aliphatic imine (C=N–C) groups is 1. The maximum Gasteiger partial charge on any atom is 0.278 e. The minimum atomic E-state index is -0.363. The number of nitrogens with zero attached hydrogens (tertiary/aromatic N) is 2. The van der Waals surface area contributed by atoms with E-state index in [9.17, 15) is 4.79 Å². The number of anilines is 1. The first-order valence-electron chi connectivity index (χ1n) is 9.04. The molecule has 3 heteroatoms. The minimum absolute atomic E-state index is 0.0141. The van der Waals surface area contributed by atoms with Crippen molar-refractivity contribution < 1.29 is 4.79 Å². The third kappa shape index (κ3) is 2.42. The number of aryl methyl sites for hydroxylation is 3. The molecule has 1 amide bonds. The molecule has 3 nitrogen and oxygen atoms in total. The van der Waals surface area contributed by atoms with E-state index in [1.807, 2.05) is 17.0 Å². The standard InChI is InChI=1S/C23H24N2O/c1-13-7-14(2)9-17(8-13)24-20-19-11-15(3)10-18-16(4)12-23(5,6)25(21(18)19)22(20)26/h7-12H,1-6H3. The molecular formula is C23H24N2O. The molecule has 0 saturated carbocycles. The van der Waals surface area contributed by atoms with Crippen molar-refractivity contribution >= 4 is 28.6 Å². The molecule has 0 radical (unpaired) electrons. The Morgan fingerprint density at radius 2 is 1.42 bits per heavy atom. The predicted octanol–water partition coefficient (Wildman–Crippen LogP) is 5.27. The van der Waals surface area contributed by atoms with Crippen molar-refractivity contribution in [2.24, 2.45) is 4.99 Å². The monoisotopic (exact) mass is 344 g/mol. The van der Waals surface area contributed by atoms with Gasteiger partial charge in [0, 0.05) is 11.1 Å². The van der Waals surface area contributed by atoms with E-state index in [2.05, 4.69) is 65.8 Å². The van der Waals surface area contributed by atoms with E-state index in [1.54, 1.807) is 0 Å². The third-order valence-corrected chi connectivity index (χ3v) is 5.16. The van der Waals surface area contributed by atoms with Crippen LogP contribution in [0.5, 0.6) is 0 Å². The van der Waals surface area contributed by atoms with Gasteiger partial charge in [0.25, 0.3) is 5.91 Å². The molecule has 0 aromatic heterocycles. The van der Waals surface area contributed by atoms with Crippen molar-refractivity contribution in [3.63, 3.8) is 0 Å². The van der Waals surface area contributed by atoms with E-state index in [4.69, 9.17) is 4.99 Å². The van der Waals surface area contributed by atoms with Crippen molar-refractivity contribution in [2.45, 2.75) is 47.1 Å². The lowest BCUT2D eigenvalue weighted by Crippen LogP contribution is -2.47. The van der Waals surface area contributed by atoms with Crippen LogP contribution in [-0.2, 0) is 4.79 Å². The van der Waals surface area contributed by atoms with Crippen LogP contribution in [0, 0.1) is 20.8 Å². The maximum atomic E-state index is 13.4. The Bertz CT molecular complexity index is 1000. The number of carbonyl (C=O) groups is 1. The molecule has 0 atom stereocenters. The molecule has 2 aliphatic rings. The molecule has 132 valence electrons. The zero-order chi connectivity index (χ0) is 18.8. The molecule has 2 heterocycles. The largest absolute Gasteiger partial charge is 0.297 e. The van der Waals surface area contributed by atoms with Crippen LogP contribution in [0.2, 0.25) is 0 Å². The second kappa shape index (κ2) is 5.41. The van der Waals surface area contributed by atoms with Crippen LogP contribution in [0.1, 0.15) is 48.6 Å². The molecule has 0 aliphatic carbocycles. The first kappa shape index (κ1) is 16.8. The molecule has 0 bridgehead atoms. The van der Waals surface area contributed by atoms with Crippen molar-refractivity contribution in [3.05, 3.63) is 64.2 Å². The Kier molecular flexibility index (Phi) is 3.49. The summed E-state index contributed by atoms with van der Waals surface area (Å²) in [6.45, 7) is 12.5. The number of hydrogen-bond acceptors (Lipinski definition) is 2.